The molecular formula is C15H14Na2O8S2. The zero-order chi connectivity index (χ0) is 18.8. The van der Waals surface area contributed by atoms with Gasteiger partial charge in [-0.3, -0.25) is 0 Å². The number of benzene rings is 2. The van der Waals surface area contributed by atoms with Crippen LogP contribution in [0.15, 0.2) is 46.2 Å². The maximum atomic E-state index is 11.3. The summed E-state index contributed by atoms with van der Waals surface area (Å²) in [5.74, 6) is -0.287. The van der Waals surface area contributed by atoms with Gasteiger partial charge in [-0.15, -0.1) is 0 Å². The molecule has 136 valence electrons. The first-order valence-electron chi connectivity index (χ1n) is 6.83. The van der Waals surface area contributed by atoms with E-state index in [1.54, 1.807) is 0 Å². The Hall–Kier alpha value is -0.140. The smallest absolute Gasteiger partial charge is 0.744 e. The average Bonchev–Trinajstić information content (AvgIpc) is 2.52. The largest absolute Gasteiger partial charge is 1.00 e. The van der Waals surface area contributed by atoms with Gasteiger partial charge in [-0.1, -0.05) is 24.3 Å². The summed E-state index contributed by atoms with van der Waals surface area (Å²) >= 11 is 0. The summed E-state index contributed by atoms with van der Waals surface area (Å²) in [6, 6.07) is 7.99. The van der Waals surface area contributed by atoms with Crippen LogP contribution in [0, 0.1) is 0 Å². The van der Waals surface area contributed by atoms with Gasteiger partial charge in [-0.25, -0.2) is 16.8 Å². The van der Waals surface area contributed by atoms with E-state index in [9.17, 15) is 25.9 Å². The third-order valence-corrected chi connectivity index (χ3v) is 5.17. The molecule has 0 aliphatic rings. The van der Waals surface area contributed by atoms with Gasteiger partial charge in [0.2, 0.25) is 0 Å². The Morgan fingerprint density at radius 2 is 1.07 bits per heavy atom. The van der Waals surface area contributed by atoms with Crippen molar-refractivity contribution in [1.82, 2.24) is 0 Å². The van der Waals surface area contributed by atoms with E-state index in [0.717, 1.165) is 12.1 Å². The minimum atomic E-state index is -4.76. The predicted molar refractivity (Wildman–Crippen MR) is 84.7 cm³/mol. The fourth-order valence-electron chi connectivity index (χ4n) is 2.46. The molecule has 0 N–H and O–H groups in total. The van der Waals surface area contributed by atoms with Crippen molar-refractivity contribution >= 4 is 20.2 Å². The van der Waals surface area contributed by atoms with Crippen LogP contribution in [0.25, 0.3) is 0 Å². The summed E-state index contributed by atoms with van der Waals surface area (Å²) in [6.07, 6.45) is -0.0148. The van der Waals surface area contributed by atoms with E-state index in [1.165, 1.54) is 38.5 Å². The summed E-state index contributed by atoms with van der Waals surface area (Å²) in [7, 11) is -7.10. The molecule has 0 atom stereocenters. The van der Waals surface area contributed by atoms with Crippen LogP contribution in [-0.4, -0.2) is 40.2 Å². The molecule has 0 radical (unpaired) electrons. The first kappa shape index (κ1) is 26.9. The molecule has 0 fully saturated rings. The summed E-state index contributed by atoms with van der Waals surface area (Å²) in [5.41, 5.74) is 0.636. The summed E-state index contributed by atoms with van der Waals surface area (Å²) in [5, 5.41) is 0. The average molecular weight is 432 g/mol. The molecule has 0 bridgehead atoms. The van der Waals surface area contributed by atoms with Crippen molar-refractivity contribution in [2.75, 3.05) is 14.2 Å². The van der Waals surface area contributed by atoms with Gasteiger partial charge in [0.25, 0.3) is 0 Å². The summed E-state index contributed by atoms with van der Waals surface area (Å²) in [4.78, 5) is -1.06. The maximum Gasteiger partial charge on any atom is 1.00 e. The van der Waals surface area contributed by atoms with Crippen LogP contribution in [0.3, 0.4) is 0 Å². The molecule has 12 heteroatoms. The molecule has 2 aromatic carbocycles. The van der Waals surface area contributed by atoms with Gasteiger partial charge in [-0.2, -0.15) is 0 Å². The van der Waals surface area contributed by atoms with Crippen LogP contribution < -0.4 is 68.6 Å². The molecule has 0 spiro atoms. The van der Waals surface area contributed by atoms with Gasteiger partial charge in [-0.05, 0) is 23.3 Å². The van der Waals surface area contributed by atoms with Crippen LogP contribution in [0.5, 0.6) is 11.5 Å². The first-order valence-corrected chi connectivity index (χ1v) is 9.64. The SMILES string of the molecule is COc1c(Cc2cccc(S(=O)(=O)[O-])c2OC)cccc1S(=O)(=O)[O-].[Na+].[Na+]. The van der Waals surface area contributed by atoms with Crippen LogP contribution in [-0.2, 0) is 26.7 Å². The Balaban J connectivity index is 0.00000338. The number of hydrogen-bond acceptors (Lipinski definition) is 8. The summed E-state index contributed by atoms with van der Waals surface area (Å²) in [6.45, 7) is 0. The second-order valence-corrected chi connectivity index (χ2v) is 7.68. The van der Waals surface area contributed by atoms with Crippen LogP contribution in [0.2, 0.25) is 0 Å². The standard InChI is InChI=1S/C15H16O8S2.2Na/c1-22-14-10(5-3-7-12(14)24(16,17)18)9-11-6-4-8-13(15(11)23-2)25(19,20)21;;/h3-8H,9H2,1-2H3,(H,16,17,18)(H,19,20,21);;/q;2*+1/p-2. The number of ether oxygens (including phenoxy) is 2. The number of rotatable bonds is 6. The second kappa shape index (κ2) is 10.6. The Labute approximate surface area is 202 Å². The predicted octanol–water partition coefficient (Wildman–Crippen LogP) is -4.89. The molecular weight excluding hydrogens is 418 g/mol. The zero-order valence-electron chi connectivity index (χ0n) is 15.3. The van der Waals surface area contributed by atoms with Crippen molar-refractivity contribution in [3.8, 4) is 11.5 Å². The fraction of sp³-hybridized carbons (Fsp3) is 0.200. The number of methoxy groups -OCH3 is 2. The van der Waals surface area contributed by atoms with Crippen LogP contribution >= 0.6 is 0 Å². The van der Waals surface area contributed by atoms with Gasteiger partial charge < -0.3 is 18.6 Å². The molecule has 0 aromatic heterocycles. The van der Waals surface area contributed by atoms with Gasteiger partial charge in [0.1, 0.15) is 31.7 Å². The second-order valence-electron chi connectivity index (χ2n) is 4.98. The molecule has 0 amide bonds. The Morgan fingerprint density at radius 1 is 0.741 bits per heavy atom. The molecule has 0 heterocycles. The maximum absolute atomic E-state index is 11.3. The van der Waals surface area contributed by atoms with Crippen molar-refractivity contribution < 1.29 is 94.5 Å². The Kier molecular flexibility index (Phi) is 10.5. The normalized spacial score (nSPS) is 11.1. The molecule has 8 nitrogen and oxygen atoms in total. The van der Waals surface area contributed by atoms with Gasteiger partial charge in [0.05, 0.1) is 24.0 Å². The van der Waals surface area contributed by atoms with Crippen molar-refractivity contribution in [3.63, 3.8) is 0 Å². The third kappa shape index (κ3) is 6.43. The van der Waals surface area contributed by atoms with Crippen molar-refractivity contribution in [2.45, 2.75) is 16.2 Å². The summed E-state index contributed by atoms with van der Waals surface area (Å²) < 4.78 is 78.2. The topological polar surface area (TPSA) is 133 Å². The van der Waals surface area contributed by atoms with Crippen molar-refractivity contribution in [3.05, 3.63) is 47.5 Å². The molecule has 0 saturated carbocycles. The molecule has 0 saturated heterocycles. The van der Waals surface area contributed by atoms with Crippen LogP contribution in [0.4, 0.5) is 0 Å². The minimum absolute atomic E-state index is 0. The van der Waals surface area contributed by atoms with E-state index in [2.05, 4.69) is 0 Å². The van der Waals surface area contributed by atoms with E-state index in [1.807, 2.05) is 0 Å². The fourth-order valence-corrected chi connectivity index (χ4v) is 3.84. The van der Waals surface area contributed by atoms with E-state index in [0.29, 0.717) is 11.1 Å². The van der Waals surface area contributed by atoms with E-state index < -0.39 is 30.0 Å². The first-order chi connectivity index (χ1) is 11.6. The minimum Gasteiger partial charge on any atom is -0.744 e. The van der Waals surface area contributed by atoms with E-state index in [4.69, 9.17) is 9.47 Å². The molecule has 2 aromatic rings. The molecule has 0 unspecified atom stereocenters. The van der Waals surface area contributed by atoms with Gasteiger partial charge >= 0.3 is 59.1 Å². The Bertz CT molecular complexity index is 923. The molecule has 27 heavy (non-hydrogen) atoms. The van der Waals surface area contributed by atoms with Crippen molar-refractivity contribution in [2.24, 2.45) is 0 Å². The van der Waals surface area contributed by atoms with E-state index >= 15 is 0 Å². The quantitative estimate of drug-likeness (QED) is 0.328. The molecule has 0 aliphatic carbocycles. The monoisotopic (exact) mass is 432 g/mol. The third-order valence-electron chi connectivity index (χ3n) is 3.45. The van der Waals surface area contributed by atoms with Gasteiger partial charge in [0, 0.05) is 6.42 Å². The Morgan fingerprint density at radius 3 is 1.33 bits per heavy atom. The van der Waals surface area contributed by atoms with Crippen molar-refractivity contribution in [1.29, 1.82) is 0 Å². The molecule has 2 rings (SSSR count). The zero-order valence-corrected chi connectivity index (χ0v) is 20.9. The van der Waals surface area contributed by atoms with Gasteiger partial charge in [0.15, 0.2) is 0 Å². The number of para-hydroxylation sites is 2. The molecule has 0 aliphatic heterocycles. The van der Waals surface area contributed by atoms with Crippen LogP contribution in [0.1, 0.15) is 11.1 Å². The van der Waals surface area contributed by atoms with E-state index in [-0.39, 0.29) is 77.0 Å². The number of hydrogen-bond donors (Lipinski definition) is 0.